The van der Waals surface area contributed by atoms with Crippen molar-refractivity contribution in [2.75, 3.05) is 5.32 Å². The van der Waals surface area contributed by atoms with E-state index in [1.165, 1.54) is 12.1 Å². The zero-order chi connectivity index (χ0) is 24.6. The molecular formula is C25H22FN5O3S. The van der Waals surface area contributed by atoms with Gasteiger partial charge in [-0.25, -0.2) is 9.18 Å². The maximum absolute atomic E-state index is 14.0. The average Bonchev–Trinajstić information content (AvgIpc) is 3.26. The van der Waals surface area contributed by atoms with Crippen LogP contribution in [0.1, 0.15) is 12.7 Å². The van der Waals surface area contributed by atoms with Gasteiger partial charge < -0.3 is 10.1 Å². The topological polar surface area (TPSA) is 98.1 Å². The van der Waals surface area contributed by atoms with Gasteiger partial charge in [0, 0.05) is 11.4 Å². The molecule has 0 aliphatic heterocycles. The van der Waals surface area contributed by atoms with E-state index < -0.39 is 23.0 Å². The van der Waals surface area contributed by atoms with Gasteiger partial charge in [-0.05, 0) is 43.3 Å². The molecule has 0 saturated heterocycles. The quantitative estimate of drug-likeness (QED) is 0.343. The lowest BCUT2D eigenvalue weighted by atomic mass is 10.3. The summed E-state index contributed by atoms with van der Waals surface area (Å²) < 4.78 is 21.3. The molecule has 35 heavy (non-hydrogen) atoms. The number of aromatic nitrogens is 3. The minimum absolute atomic E-state index is 0.0382. The van der Waals surface area contributed by atoms with E-state index >= 15 is 0 Å². The lowest BCUT2D eigenvalue weighted by Crippen LogP contribution is -2.38. The lowest BCUT2D eigenvalue weighted by molar-refractivity contribution is -0.119. The molecule has 0 radical (unpaired) electrons. The third kappa shape index (κ3) is 6.24. The Labute approximate surface area is 205 Å². The first-order valence-electron chi connectivity index (χ1n) is 10.7. The Morgan fingerprint density at radius 3 is 2.34 bits per heavy atom. The number of carbonyl (C=O) groups is 2. The number of imide groups is 1. The molecule has 4 aromatic rings. The normalized spacial score (nSPS) is 11.5. The van der Waals surface area contributed by atoms with Crippen molar-refractivity contribution in [1.29, 1.82) is 0 Å². The van der Waals surface area contributed by atoms with E-state index in [0.717, 1.165) is 17.4 Å². The highest BCUT2D eigenvalue weighted by molar-refractivity contribution is 8.00. The molecule has 1 atom stereocenters. The van der Waals surface area contributed by atoms with E-state index in [4.69, 9.17) is 4.74 Å². The predicted molar refractivity (Wildman–Crippen MR) is 131 cm³/mol. The van der Waals surface area contributed by atoms with E-state index in [9.17, 15) is 14.0 Å². The van der Waals surface area contributed by atoms with Gasteiger partial charge in [-0.3, -0.25) is 14.7 Å². The molecule has 3 aromatic carbocycles. The molecule has 8 nitrogen and oxygen atoms in total. The molecule has 0 aliphatic rings. The Morgan fingerprint density at radius 2 is 1.63 bits per heavy atom. The van der Waals surface area contributed by atoms with Gasteiger partial charge in [0.15, 0.2) is 22.5 Å². The number of carbonyl (C=O) groups excluding carboxylic acids is 2. The van der Waals surface area contributed by atoms with Crippen molar-refractivity contribution in [3.05, 3.63) is 96.6 Å². The third-order valence-electron chi connectivity index (χ3n) is 4.83. The van der Waals surface area contributed by atoms with Crippen LogP contribution in [0.15, 0.2) is 90.1 Å². The fourth-order valence-corrected chi connectivity index (χ4v) is 4.01. The molecular weight excluding hydrogens is 469 g/mol. The SMILES string of the molecule is CC(Sc1nnc(COc2ccccc2F)n1-c1ccccc1)C(=O)NC(=O)Nc1ccccc1. The molecule has 1 unspecified atom stereocenters. The number of amides is 3. The molecule has 1 heterocycles. The summed E-state index contributed by atoms with van der Waals surface area (Å²) in [5.41, 5.74) is 1.32. The van der Waals surface area contributed by atoms with E-state index in [1.807, 2.05) is 36.4 Å². The molecule has 2 N–H and O–H groups in total. The monoisotopic (exact) mass is 491 g/mol. The summed E-state index contributed by atoms with van der Waals surface area (Å²) in [4.78, 5) is 24.8. The van der Waals surface area contributed by atoms with Gasteiger partial charge in [0.05, 0.1) is 5.25 Å². The van der Waals surface area contributed by atoms with Crippen molar-refractivity contribution in [3.63, 3.8) is 0 Å². The van der Waals surface area contributed by atoms with Gasteiger partial charge in [-0.1, -0.05) is 60.3 Å². The number of hydrogen-bond donors (Lipinski definition) is 2. The minimum atomic E-state index is -0.663. The van der Waals surface area contributed by atoms with Crippen LogP contribution in [0.25, 0.3) is 5.69 Å². The molecule has 0 saturated carbocycles. The smallest absolute Gasteiger partial charge is 0.325 e. The van der Waals surface area contributed by atoms with E-state index in [2.05, 4.69) is 20.8 Å². The highest BCUT2D eigenvalue weighted by Crippen LogP contribution is 2.27. The van der Waals surface area contributed by atoms with Crippen molar-refractivity contribution >= 4 is 29.4 Å². The molecule has 4 rings (SSSR count). The second kappa shape index (κ2) is 11.3. The van der Waals surface area contributed by atoms with Gasteiger partial charge >= 0.3 is 6.03 Å². The van der Waals surface area contributed by atoms with Crippen LogP contribution < -0.4 is 15.4 Å². The highest BCUT2D eigenvalue weighted by atomic mass is 32.2. The molecule has 0 bridgehead atoms. The number of ether oxygens (including phenoxy) is 1. The predicted octanol–water partition coefficient (Wildman–Crippen LogP) is 4.81. The number of urea groups is 1. The molecule has 1 aromatic heterocycles. The zero-order valence-corrected chi connectivity index (χ0v) is 19.5. The number of thioether (sulfide) groups is 1. The van der Waals surface area contributed by atoms with Gasteiger partial charge in [0.25, 0.3) is 0 Å². The van der Waals surface area contributed by atoms with Crippen LogP contribution in [0.3, 0.4) is 0 Å². The maximum atomic E-state index is 14.0. The first kappa shape index (κ1) is 24.0. The summed E-state index contributed by atoms with van der Waals surface area (Å²) in [6, 6.07) is 23.6. The van der Waals surface area contributed by atoms with Crippen molar-refractivity contribution < 1.29 is 18.7 Å². The fraction of sp³-hybridized carbons (Fsp3) is 0.120. The minimum Gasteiger partial charge on any atom is -0.483 e. The largest absolute Gasteiger partial charge is 0.483 e. The van der Waals surface area contributed by atoms with Crippen LogP contribution in [0.2, 0.25) is 0 Å². The molecule has 3 amide bonds. The van der Waals surface area contributed by atoms with Gasteiger partial charge in [-0.2, -0.15) is 0 Å². The van der Waals surface area contributed by atoms with Gasteiger partial charge in [0.1, 0.15) is 6.61 Å². The van der Waals surface area contributed by atoms with Crippen LogP contribution >= 0.6 is 11.8 Å². The maximum Gasteiger partial charge on any atom is 0.325 e. The first-order valence-corrected chi connectivity index (χ1v) is 11.6. The van der Waals surface area contributed by atoms with E-state index in [0.29, 0.717) is 16.7 Å². The second-order valence-corrected chi connectivity index (χ2v) is 8.67. The Bertz CT molecular complexity index is 1300. The molecule has 0 spiro atoms. The van der Waals surface area contributed by atoms with Crippen LogP contribution in [0.5, 0.6) is 5.75 Å². The Hall–Kier alpha value is -4.18. The summed E-state index contributed by atoms with van der Waals surface area (Å²) in [7, 11) is 0. The van der Waals surface area contributed by atoms with E-state index in [1.54, 1.807) is 47.9 Å². The number of benzene rings is 3. The Morgan fingerprint density at radius 1 is 0.971 bits per heavy atom. The van der Waals surface area contributed by atoms with Crippen LogP contribution in [0.4, 0.5) is 14.9 Å². The number of para-hydroxylation sites is 3. The third-order valence-corrected chi connectivity index (χ3v) is 5.87. The number of hydrogen-bond acceptors (Lipinski definition) is 6. The first-order chi connectivity index (χ1) is 17.0. The number of nitrogens with one attached hydrogen (secondary N) is 2. The number of halogens is 1. The molecule has 10 heteroatoms. The highest BCUT2D eigenvalue weighted by Gasteiger charge is 2.23. The Balaban J connectivity index is 1.48. The number of rotatable bonds is 8. The van der Waals surface area contributed by atoms with Crippen molar-refractivity contribution in [2.24, 2.45) is 0 Å². The summed E-state index contributed by atoms with van der Waals surface area (Å²) in [6.07, 6.45) is 0. The summed E-state index contributed by atoms with van der Waals surface area (Å²) in [6.45, 7) is 1.62. The van der Waals surface area contributed by atoms with E-state index in [-0.39, 0.29) is 12.4 Å². The summed E-state index contributed by atoms with van der Waals surface area (Å²) >= 11 is 1.13. The van der Waals surface area contributed by atoms with Crippen LogP contribution in [-0.2, 0) is 11.4 Å². The standard InChI is InChI=1S/C25H22FN5O3S/c1-17(23(32)28-24(33)27-18-10-4-2-5-11-18)35-25-30-29-22(31(25)19-12-6-3-7-13-19)16-34-21-15-9-8-14-20(21)26/h2-15,17H,16H2,1H3,(H2,27,28,32,33). The molecule has 0 aliphatic carbocycles. The number of nitrogens with zero attached hydrogens (tertiary/aromatic N) is 3. The number of anilines is 1. The van der Waals surface area contributed by atoms with Crippen molar-refractivity contribution in [3.8, 4) is 11.4 Å². The summed E-state index contributed by atoms with van der Waals surface area (Å²) in [5, 5.41) is 13.1. The molecule has 178 valence electrons. The summed E-state index contributed by atoms with van der Waals surface area (Å²) in [5.74, 6) is -0.444. The average molecular weight is 492 g/mol. The van der Waals surface area contributed by atoms with Gasteiger partial charge in [0.2, 0.25) is 5.91 Å². The fourth-order valence-electron chi connectivity index (χ4n) is 3.12. The Kier molecular flexibility index (Phi) is 7.74. The van der Waals surface area contributed by atoms with Crippen LogP contribution in [0, 0.1) is 5.82 Å². The van der Waals surface area contributed by atoms with Crippen LogP contribution in [-0.4, -0.2) is 32.0 Å². The van der Waals surface area contributed by atoms with Crippen molar-refractivity contribution in [1.82, 2.24) is 20.1 Å². The molecule has 0 fully saturated rings. The zero-order valence-electron chi connectivity index (χ0n) is 18.7. The van der Waals surface area contributed by atoms with Gasteiger partial charge in [-0.15, -0.1) is 10.2 Å². The second-order valence-electron chi connectivity index (χ2n) is 7.36. The lowest BCUT2D eigenvalue weighted by Gasteiger charge is -2.14. The van der Waals surface area contributed by atoms with Crippen molar-refractivity contribution in [2.45, 2.75) is 23.9 Å².